The van der Waals surface area contributed by atoms with Gasteiger partial charge in [0.2, 0.25) is 11.8 Å². The van der Waals surface area contributed by atoms with Crippen molar-refractivity contribution in [1.29, 1.82) is 0 Å². The molecule has 0 bridgehead atoms. The Labute approximate surface area is 138 Å². The summed E-state index contributed by atoms with van der Waals surface area (Å²) in [6.45, 7) is 0.282. The number of carbonyl (C=O) groups excluding carboxylic acids is 2. The van der Waals surface area contributed by atoms with Gasteiger partial charge in [-0.15, -0.1) is 0 Å². The van der Waals surface area contributed by atoms with Crippen LogP contribution in [0.4, 0.5) is 11.4 Å². The van der Waals surface area contributed by atoms with Gasteiger partial charge in [0.05, 0.1) is 17.2 Å². The number of rotatable bonds is 4. The van der Waals surface area contributed by atoms with Gasteiger partial charge < -0.3 is 15.3 Å². The molecule has 0 spiro atoms. The average molecular weight is 324 g/mol. The average Bonchev–Trinajstić information content (AvgIpc) is 2.98. The lowest BCUT2D eigenvalue weighted by Gasteiger charge is -2.16. The second-order valence-corrected chi connectivity index (χ2v) is 5.58. The Kier molecular flexibility index (Phi) is 4.29. The molecule has 0 aliphatic carbocycles. The smallest absolute Gasteiger partial charge is 0.337 e. The highest BCUT2D eigenvalue weighted by atomic mass is 16.4. The van der Waals surface area contributed by atoms with Crippen molar-refractivity contribution in [1.82, 2.24) is 0 Å². The van der Waals surface area contributed by atoms with E-state index in [2.05, 4.69) is 5.32 Å². The SMILES string of the molecule is O=C(O)c1ccccc1NC(=O)C1CC(=O)N(c2ccccc2)C1. The highest BCUT2D eigenvalue weighted by Crippen LogP contribution is 2.26. The van der Waals surface area contributed by atoms with Crippen LogP contribution in [0.3, 0.4) is 0 Å². The number of nitrogens with zero attached hydrogens (tertiary/aromatic N) is 1. The standard InChI is InChI=1S/C18H16N2O4/c21-16-10-12(11-20(16)13-6-2-1-3-7-13)17(22)19-15-9-5-4-8-14(15)18(23)24/h1-9,12H,10-11H2,(H,19,22)(H,23,24). The molecule has 2 amide bonds. The number of nitrogens with one attached hydrogen (secondary N) is 1. The number of anilines is 2. The highest BCUT2D eigenvalue weighted by molar-refractivity contribution is 6.05. The third-order valence-corrected chi connectivity index (χ3v) is 3.98. The van der Waals surface area contributed by atoms with Gasteiger partial charge in [-0.25, -0.2) is 4.79 Å². The molecule has 1 atom stereocenters. The maximum Gasteiger partial charge on any atom is 0.337 e. The van der Waals surface area contributed by atoms with Crippen LogP contribution in [-0.2, 0) is 9.59 Å². The summed E-state index contributed by atoms with van der Waals surface area (Å²) in [5.41, 5.74) is 1.01. The minimum Gasteiger partial charge on any atom is -0.478 e. The molecule has 6 nitrogen and oxygen atoms in total. The van der Waals surface area contributed by atoms with Crippen LogP contribution in [0, 0.1) is 5.92 Å². The fourth-order valence-corrected chi connectivity index (χ4v) is 2.75. The Morgan fingerprint density at radius 3 is 2.42 bits per heavy atom. The van der Waals surface area contributed by atoms with Gasteiger partial charge >= 0.3 is 5.97 Å². The van der Waals surface area contributed by atoms with Crippen molar-refractivity contribution in [3.05, 3.63) is 60.2 Å². The van der Waals surface area contributed by atoms with Gasteiger partial charge in [0, 0.05) is 18.7 Å². The maximum atomic E-state index is 12.4. The van der Waals surface area contributed by atoms with Crippen molar-refractivity contribution in [2.45, 2.75) is 6.42 Å². The zero-order valence-corrected chi connectivity index (χ0v) is 12.8. The van der Waals surface area contributed by atoms with Crippen molar-refractivity contribution >= 4 is 29.2 Å². The van der Waals surface area contributed by atoms with E-state index in [1.165, 1.54) is 12.1 Å². The number of carboxylic acid groups (broad SMARTS) is 1. The summed E-state index contributed by atoms with van der Waals surface area (Å²) in [7, 11) is 0. The van der Waals surface area contributed by atoms with E-state index in [-0.39, 0.29) is 36.0 Å². The minimum atomic E-state index is -1.11. The maximum absolute atomic E-state index is 12.4. The van der Waals surface area contributed by atoms with E-state index < -0.39 is 11.9 Å². The molecule has 2 aromatic carbocycles. The Morgan fingerprint density at radius 2 is 1.71 bits per heavy atom. The monoisotopic (exact) mass is 324 g/mol. The molecule has 24 heavy (non-hydrogen) atoms. The number of amides is 2. The molecular formula is C18H16N2O4. The molecule has 1 aliphatic heterocycles. The Morgan fingerprint density at radius 1 is 1.04 bits per heavy atom. The zero-order valence-electron chi connectivity index (χ0n) is 12.8. The molecule has 0 saturated carbocycles. The Balaban J connectivity index is 1.73. The molecule has 0 aromatic heterocycles. The van der Waals surface area contributed by atoms with Crippen molar-refractivity contribution in [2.24, 2.45) is 5.92 Å². The van der Waals surface area contributed by atoms with Crippen molar-refractivity contribution in [2.75, 3.05) is 16.8 Å². The van der Waals surface area contributed by atoms with E-state index in [9.17, 15) is 14.4 Å². The van der Waals surface area contributed by atoms with Gasteiger partial charge in [-0.1, -0.05) is 30.3 Å². The quantitative estimate of drug-likeness (QED) is 0.904. The van der Waals surface area contributed by atoms with Gasteiger partial charge in [0.25, 0.3) is 0 Å². The number of aromatic carboxylic acids is 1. The summed E-state index contributed by atoms with van der Waals surface area (Å²) < 4.78 is 0. The predicted octanol–water partition coefficient (Wildman–Crippen LogP) is 2.38. The van der Waals surface area contributed by atoms with Crippen molar-refractivity contribution < 1.29 is 19.5 Å². The topological polar surface area (TPSA) is 86.7 Å². The third kappa shape index (κ3) is 3.12. The summed E-state index contributed by atoms with van der Waals surface area (Å²) in [5.74, 6) is -2.10. The summed E-state index contributed by atoms with van der Waals surface area (Å²) in [5, 5.41) is 11.8. The molecule has 1 heterocycles. The molecule has 2 N–H and O–H groups in total. The number of hydrogen-bond acceptors (Lipinski definition) is 3. The molecule has 0 radical (unpaired) electrons. The van der Waals surface area contributed by atoms with Crippen LogP contribution in [0.1, 0.15) is 16.8 Å². The first-order chi connectivity index (χ1) is 11.6. The lowest BCUT2D eigenvalue weighted by Crippen LogP contribution is -2.28. The van der Waals surface area contributed by atoms with Crippen LogP contribution in [0.25, 0.3) is 0 Å². The zero-order chi connectivity index (χ0) is 17.1. The summed E-state index contributed by atoms with van der Waals surface area (Å²) in [6, 6.07) is 15.4. The number of carbonyl (C=O) groups is 3. The van der Waals surface area contributed by atoms with E-state index in [0.29, 0.717) is 0 Å². The van der Waals surface area contributed by atoms with Crippen LogP contribution in [-0.4, -0.2) is 29.4 Å². The molecule has 1 saturated heterocycles. The van der Waals surface area contributed by atoms with Gasteiger partial charge in [0.1, 0.15) is 0 Å². The fourth-order valence-electron chi connectivity index (χ4n) is 2.75. The third-order valence-electron chi connectivity index (χ3n) is 3.98. The highest BCUT2D eigenvalue weighted by Gasteiger charge is 2.35. The van der Waals surface area contributed by atoms with Crippen LogP contribution < -0.4 is 10.2 Å². The Hall–Kier alpha value is -3.15. The summed E-state index contributed by atoms with van der Waals surface area (Å²) in [6.07, 6.45) is 0.107. The van der Waals surface area contributed by atoms with Crippen LogP contribution in [0.15, 0.2) is 54.6 Å². The first-order valence-corrected chi connectivity index (χ1v) is 7.55. The van der Waals surface area contributed by atoms with E-state index >= 15 is 0 Å². The first-order valence-electron chi connectivity index (χ1n) is 7.55. The van der Waals surface area contributed by atoms with Crippen LogP contribution in [0.5, 0.6) is 0 Å². The molecule has 1 unspecified atom stereocenters. The van der Waals surface area contributed by atoms with E-state index in [4.69, 9.17) is 5.11 Å². The van der Waals surface area contributed by atoms with Gasteiger partial charge in [-0.2, -0.15) is 0 Å². The largest absolute Gasteiger partial charge is 0.478 e. The number of hydrogen-bond donors (Lipinski definition) is 2. The van der Waals surface area contributed by atoms with Gasteiger partial charge in [-0.3, -0.25) is 9.59 Å². The van der Waals surface area contributed by atoms with Crippen molar-refractivity contribution in [3.8, 4) is 0 Å². The second-order valence-electron chi connectivity index (χ2n) is 5.58. The number of benzene rings is 2. The second kappa shape index (κ2) is 6.54. The fraction of sp³-hybridized carbons (Fsp3) is 0.167. The van der Waals surface area contributed by atoms with Crippen LogP contribution in [0.2, 0.25) is 0 Å². The molecule has 122 valence electrons. The van der Waals surface area contributed by atoms with Gasteiger partial charge in [-0.05, 0) is 24.3 Å². The molecule has 3 rings (SSSR count). The van der Waals surface area contributed by atoms with E-state index in [0.717, 1.165) is 5.69 Å². The summed E-state index contributed by atoms with van der Waals surface area (Å²) in [4.78, 5) is 37.4. The lowest BCUT2D eigenvalue weighted by atomic mass is 10.1. The van der Waals surface area contributed by atoms with E-state index in [1.807, 2.05) is 30.3 Å². The lowest BCUT2D eigenvalue weighted by molar-refractivity contribution is -0.122. The molecule has 1 fully saturated rings. The number of carboxylic acids is 1. The van der Waals surface area contributed by atoms with Crippen LogP contribution >= 0.6 is 0 Å². The van der Waals surface area contributed by atoms with E-state index in [1.54, 1.807) is 17.0 Å². The molecule has 2 aromatic rings. The number of para-hydroxylation sites is 2. The molecule has 6 heteroatoms. The van der Waals surface area contributed by atoms with Gasteiger partial charge in [0.15, 0.2) is 0 Å². The summed E-state index contributed by atoms with van der Waals surface area (Å²) >= 11 is 0. The van der Waals surface area contributed by atoms with Crippen molar-refractivity contribution in [3.63, 3.8) is 0 Å². The first kappa shape index (κ1) is 15.7. The Bertz CT molecular complexity index is 789. The molecular weight excluding hydrogens is 308 g/mol. The predicted molar refractivity (Wildman–Crippen MR) is 88.9 cm³/mol. The normalized spacial score (nSPS) is 16.9. The minimum absolute atomic E-state index is 0.0232. The molecule has 1 aliphatic rings.